The molecule has 1 aromatic rings. The standard InChI is InChI=1S/C14H20ClNO3/c1-17-12-4-3-10(13(15)14(12)18-2)9-16-11-5-7-19-8-6-11/h3-4,11,16H,5-9H2,1-2H3. The summed E-state index contributed by atoms with van der Waals surface area (Å²) in [6, 6.07) is 4.35. The zero-order valence-electron chi connectivity index (χ0n) is 11.4. The van der Waals surface area contributed by atoms with Gasteiger partial charge in [0.1, 0.15) is 0 Å². The van der Waals surface area contributed by atoms with Crippen LogP contribution in [0.4, 0.5) is 0 Å². The van der Waals surface area contributed by atoms with Gasteiger partial charge >= 0.3 is 0 Å². The highest BCUT2D eigenvalue weighted by Gasteiger charge is 2.16. The van der Waals surface area contributed by atoms with Crippen LogP contribution in [0, 0.1) is 0 Å². The van der Waals surface area contributed by atoms with Crippen molar-refractivity contribution in [2.24, 2.45) is 0 Å². The molecule has 0 amide bonds. The lowest BCUT2D eigenvalue weighted by Gasteiger charge is -2.23. The molecule has 1 heterocycles. The zero-order chi connectivity index (χ0) is 13.7. The van der Waals surface area contributed by atoms with Crippen molar-refractivity contribution in [3.63, 3.8) is 0 Å². The highest BCUT2D eigenvalue weighted by atomic mass is 35.5. The molecule has 19 heavy (non-hydrogen) atoms. The van der Waals surface area contributed by atoms with Crippen molar-refractivity contribution >= 4 is 11.6 Å². The molecule has 1 saturated heterocycles. The van der Waals surface area contributed by atoms with Crippen LogP contribution < -0.4 is 14.8 Å². The highest BCUT2D eigenvalue weighted by Crippen LogP contribution is 2.37. The molecule has 0 spiro atoms. The number of methoxy groups -OCH3 is 2. The third kappa shape index (κ3) is 3.53. The molecule has 1 aliphatic heterocycles. The van der Waals surface area contributed by atoms with Crippen molar-refractivity contribution in [1.82, 2.24) is 5.32 Å². The first-order valence-corrected chi connectivity index (χ1v) is 6.84. The first-order valence-electron chi connectivity index (χ1n) is 6.46. The Morgan fingerprint density at radius 1 is 1.26 bits per heavy atom. The Morgan fingerprint density at radius 2 is 2.00 bits per heavy atom. The van der Waals surface area contributed by atoms with Crippen LogP contribution in [0.2, 0.25) is 5.02 Å². The molecule has 0 unspecified atom stereocenters. The number of benzene rings is 1. The summed E-state index contributed by atoms with van der Waals surface area (Å²) in [5.74, 6) is 1.25. The summed E-state index contributed by atoms with van der Waals surface area (Å²) in [5.41, 5.74) is 1.02. The molecule has 0 aliphatic carbocycles. The van der Waals surface area contributed by atoms with Crippen LogP contribution in [0.15, 0.2) is 12.1 Å². The normalized spacial score (nSPS) is 16.4. The predicted molar refractivity (Wildman–Crippen MR) is 75.2 cm³/mol. The van der Waals surface area contributed by atoms with E-state index in [1.807, 2.05) is 12.1 Å². The van der Waals surface area contributed by atoms with Crippen LogP contribution in [-0.2, 0) is 11.3 Å². The van der Waals surface area contributed by atoms with Crippen LogP contribution in [0.5, 0.6) is 11.5 Å². The van der Waals surface area contributed by atoms with Gasteiger partial charge in [0, 0.05) is 25.8 Å². The van der Waals surface area contributed by atoms with E-state index in [0.717, 1.165) is 38.2 Å². The van der Waals surface area contributed by atoms with Crippen molar-refractivity contribution in [3.05, 3.63) is 22.7 Å². The number of nitrogens with one attached hydrogen (secondary N) is 1. The monoisotopic (exact) mass is 285 g/mol. The molecule has 1 N–H and O–H groups in total. The van der Waals surface area contributed by atoms with Gasteiger partial charge in [-0.05, 0) is 24.5 Å². The lowest BCUT2D eigenvalue weighted by atomic mass is 10.1. The Labute approximate surface area is 119 Å². The van der Waals surface area contributed by atoms with Gasteiger partial charge in [-0.1, -0.05) is 17.7 Å². The van der Waals surface area contributed by atoms with E-state index < -0.39 is 0 Å². The minimum atomic E-state index is 0.498. The van der Waals surface area contributed by atoms with Gasteiger partial charge in [-0.3, -0.25) is 0 Å². The molecule has 106 valence electrons. The van der Waals surface area contributed by atoms with E-state index in [-0.39, 0.29) is 0 Å². The van der Waals surface area contributed by atoms with Gasteiger partial charge in [-0.2, -0.15) is 0 Å². The number of ether oxygens (including phenoxy) is 3. The fourth-order valence-electron chi connectivity index (χ4n) is 2.22. The maximum absolute atomic E-state index is 6.34. The molecule has 4 nitrogen and oxygen atoms in total. The molecular formula is C14H20ClNO3. The van der Waals surface area contributed by atoms with Crippen molar-refractivity contribution in [1.29, 1.82) is 0 Å². The zero-order valence-corrected chi connectivity index (χ0v) is 12.1. The second-order valence-corrected chi connectivity index (χ2v) is 4.92. The Hall–Kier alpha value is -0.970. The quantitative estimate of drug-likeness (QED) is 0.903. The molecule has 1 fully saturated rings. The molecule has 1 aliphatic rings. The third-order valence-electron chi connectivity index (χ3n) is 3.37. The van der Waals surface area contributed by atoms with Crippen molar-refractivity contribution in [2.75, 3.05) is 27.4 Å². The Balaban J connectivity index is 2.03. The summed E-state index contributed by atoms with van der Waals surface area (Å²) in [7, 11) is 3.20. The average Bonchev–Trinajstić information content (AvgIpc) is 2.46. The van der Waals surface area contributed by atoms with Crippen molar-refractivity contribution in [3.8, 4) is 11.5 Å². The highest BCUT2D eigenvalue weighted by molar-refractivity contribution is 6.33. The van der Waals surface area contributed by atoms with Gasteiger partial charge in [0.25, 0.3) is 0 Å². The first-order chi connectivity index (χ1) is 9.26. The average molecular weight is 286 g/mol. The molecular weight excluding hydrogens is 266 g/mol. The minimum absolute atomic E-state index is 0.498. The van der Waals surface area contributed by atoms with E-state index in [9.17, 15) is 0 Å². The second-order valence-electron chi connectivity index (χ2n) is 4.54. The summed E-state index contributed by atoms with van der Waals surface area (Å²) in [4.78, 5) is 0. The number of rotatable bonds is 5. The predicted octanol–water partition coefficient (Wildman–Crippen LogP) is 2.63. The van der Waals surface area contributed by atoms with Crippen LogP contribution >= 0.6 is 11.6 Å². The van der Waals surface area contributed by atoms with E-state index in [4.69, 9.17) is 25.8 Å². The van der Waals surface area contributed by atoms with Gasteiger partial charge in [-0.25, -0.2) is 0 Å². The van der Waals surface area contributed by atoms with Gasteiger partial charge < -0.3 is 19.5 Å². The summed E-state index contributed by atoms with van der Waals surface area (Å²) >= 11 is 6.34. The van der Waals surface area contributed by atoms with E-state index in [0.29, 0.717) is 22.6 Å². The van der Waals surface area contributed by atoms with Gasteiger partial charge in [-0.15, -0.1) is 0 Å². The largest absolute Gasteiger partial charge is 0.493 e. The SMILES string of the molecule is COc1ccc(CNC2CCOCC2)c(Cl)c1OC. The summed E-state index contributed by atoms with van der Waals surface area (Å²) in [6.45, 7) is 2.39. The lowest BCUT2D eigenvalue weighted by Crippen LogP contribution is -2.34. The van der Waals surface area contributed by atoms with Gasteiger partial charge in [0.05, 0.1) is 19.2 Å². The van der Waals surface area contributed by atoms with E-state index >= 15 is 0 Å². The number of hydrogen-bond donors (Lipinski definition) is 1. The Kier molecular flexibility index (Phi) is 5.31. The van der Waals surface area contributed by atoms with Gasteiger partial charge in [0.15, 0.2) is 11.5 Å². The molecule has 0 radical (unpaired) electrons. The van der Waals surface area contributed by atoms with E-state index in [1.165, 1.54) is 0 Å². The molecule has 2 rings (SSSR count). The molecule has 0 saturated carbocycles. The number of halogens is 1. The van der Waals surface area contributed by atoms with Crippen LogP contribution in [-0.4, -0.2) is 33.5 Å². The molecule has 5 heteroatoms. The second kappa shape index (κ2) is 6.98. The summed E-state index contributed by atoms with van der Waals surface area (Å²) in [6.07, 6.45) is 2.09. The Morgan fingerprint density at radius 3 is 2.63 bits per heavy atom. The van der Waals surface area contributed by atoms with Crippen molar-refractivity contribution in [2.45, 2.75) is 25.4 Å². The van der Waals surface area contributed by atoms with Crippen LogP contribution in [0.25, 0.3) is 0 Å². The summed E-state index contributed by atoms with van der Waals surface area (Å²) in [5, 5.41) is 4.12. The molecule has 1 aromatic carbocycles. The molecule has 0 atom stereocenters. The van der Waals surface area contributed by atoms with E-state index in [2.05, 4.69) is 5.32 Å². The third-order valence-corrected chi connectivity index (χ3v) is 3.78. The Bertz CT molecular complexity index is 419. The lowest BCUT2D eigenvalue weighted by molar-refractivity contribution is 0.0776. The molecule has 0 bridgehead atoms. The minimum Gasteiger partial charge on any atom is -0.493 e. The van der Waals surface area contributed by atoms with Gasteiger partial charge in [0.2, 0.25) is 0 Å². The smallest absolute Gasteiger partial charge is 0.179 e. The number of hydrogen-bond acceptors (Lipinski definition) is 4. The topological polar surface area (TPSA) is 39.7 Å². The van der Waals surface area contributed by atoms with Crippen molar-refractivity contribution < 1.29 is 14.2 Å². The van der Waals surface area contributed by atoms with Crippen LogP contribution in [0.1, 0.15) is 18.4 Å². The summed E-state index contributed by atoms with van der Waals surface area (Å²) < 4.78 is 15.9. The molecule has 0 aromatic heterocycles. The fourth-order valence-corrected chi connectivity index (χ4v) is 2.52. The van der Waals surface area contributed by atoms with Crippen LogP contribution in [0.3, 0.4) is 0 Å². The fraction of sp³-hybridized carbons (Fsp3) is 0.571. The maximum Gasteiger partial charge on any atom is 0.179 e. The first kappa shape index (κ1) is 14.4. The van der Waals surface area contributed by atoms with E-state index in [1.54, 1.807) is 14.2 Å². The maximum atomic E-state index is 6.34.